The summed E-state index contributed by atoms with van der Waals surface area (Å²) in [4.78, 5) is 14.5. The van der Waals surface area contributed by atoms with Gasteiger partial charge in [-0.15, -0.1) is 0 Å². The molecule has 3 aromatic carbocycles. The average molecular weight is 734 g/mol. The minimum atomic E-state index is -2.65. The van der Waals surface area contributed by atoms with Crippen LogP contribution in [0.15, 0.2) is 65.3 Å². The first kappa shape index (κ1) is 34.4. The highest BCUT2D eigenvalue weighted by Gasteiger charge is 2.27. The quantitative estimate of drug-likeness (QED) is 0.158. The number of nitrogens with zero attached hydrogens (tertiary/aromatic N) is 4. The molecule has 2 N–H and O–H groups in total. The van der Waals surface area contributed by atoms with Crippen molar-refractivity contribution >= 4 is 57.2 Å². The summed E-state index contributed by atoms with van der Waals surface area (Å²) in [5.74, 6) is 1.74. The molecular formula is C37H46BrN6O3P. The number of nitrogens with one attached hydrogen (secondary N) is 2. The molecule has 48 heavy (non-hydrogen) atoms. The Labute approximate surface area is 293 Å². The van der Waals surface area contributed by atoms with Crippen LogP contribution in [-0.2, 0) is 15.7 Å². The van der Waals surface area contributed by atoms with E-state index in [0.717, 1.165) is 92.2 Å². The van der Waals surface area contributed by atoms with Gasteiger partial charge in [0.2, 0.25) is 5.95 Å². The Kier molecular flexibility index (Phi) is 10.8. The Morgan fingerprint density at radius 1 is 1.00 bits per heavy atom. The number of anilines is 5. The monoisotopic (exact) mass is 732 g/mol. The maximum Gasteiger partial charge on any atom is 0.229 e. The van der Waals surface area contributed by atoms with Crippen molar-refractivity contribution in [3.8, 4) is 16.9 Å². The van der Waals surface area contributed by atoms with Gasteiger partial charge in [0.05, 0.1) is 36.2 Å². The zero-order valence-electron chi connectivity index (χ0n) is 28.6. The SMILES string of the molecule is CCc1cc(Nc2ncc(Br)c(Nc3ccc(-c4ccccc4C)cc3P(C)(C)=O)n2)c(OC)cc1N1CCC(N2CCOCC2)CC1. The molecule has 0 bridgehead atoms. The first-order valence-electron chi connectivity index (χ1n) is 16.7. The van der Waals surface area contributed by atoms with E-state index >= 15 is 0 Å². The van der Waals surface area contributed by atoms with Gasteiger partial charge in [0.15, 0.2) is 0 Å². The van der Waals surface area contributed by atoms with Gasteiger partial charge in [-0.05, 0) is 95.9 Å². The predicted molar refractivity (Wildman–Crippen MR) is 202 cm³/mol. The molecule has 0 saturated carbocycles. The molecule has 0 radical (unpaired) electrons. The van der Waals surface area contributed by atoms with E-state index in [2.05, 4.69) is 85.5 Å². The van der Waals surface area contributed by atoms with Crippen LogP contribution in [0.25, 0.3) is 11.1 Å². The van der Waals surface area contributed by atoms with Crippen molar-refractivity contribution in [3.05, 3.63) is 76.4 Å². The highest BCUT2D eigenvalue weighted by atomic mass is 79.9. The van der Waals surface area contributed by atoms with Gasteiger partial charge in [-0.3, -0.25) is 4.90 Å². The number of methoxy groups -OCH3 is 1. The van der Waals surface area contributed by atoms with E-state index in [1.807, 2.05) is 24.3 Å². The summed E-state index contributed by atoms with van der Waals surface area (Å²) >= 11 is 3.62. The third-order valence-electron chi connectivity index (χ3n) is 9.43. The number of morpholine rings is 1. The fourth-order valence-electron chi connectivity index (χ4n) is 6.78. The predicted octanol–water partition coefficient (Wildman–Crippen LogP) is 7.82. The molecule has 1 aromatic heterocycles. The Hall–Kier alpha value is -3.43. The van der Waals surface area contributed by atoms with Crippen molar-refractivity contribution in [3.63, 3.8) is 0 Å². The molecule has 254 valence electrons. The molecule has 6 rings (SSSR count). The van der Waals surface area contributed by atoms with E-state index in [9.17, 15) is 4.57 Å². The maximum atomic E-state index is 13.5. The van der Waals surface area contributed by atoms with Crippen molar-refractivity contribution in [1.82, 2.24) is 14.9 Å². The number of benzene rings is 3. The summed E-state index contributed by atoms with van der Waals surface area (Å²) in [6.45, 7) is 13.7. The second kappa shape index (κ2) is 15.0. The van der Waals surface area contributed by atoms with Crippen LogP contribution in [0.1, 0.15) is 30.9 Å². The maximum absolute atomic E-state index is 13.5. The van der Waals surface area contributed by atoms with Crippen molar-refractivity contribution in [2.75, 3.05) is 75.4 Å². The molecule has 9 nitrogen and oxygen atoms in total. The molecule has 0 atom stereocenters. The number of aryl methyl sites for hydroxylation is 2. The minimum Gasteiger partial charge on any atom is -0.494 e. The molecule has 4 aromatic rings. The van der Waals surface area contributed by atoms with Crippen molar-refractivity contribution < 1.29 is 14.0 Å². The van der Waals surface area contributed by atoms with Gasteiger partial charge in [-0.25, -0.2) is 4.98 Å². The van der Waals surface area contributed by atoms with E-state index in [0.29, 0.717) is 22.3 Å². The van der Waals surface area contributed by atoms with Gasteiger partial charge in [-0.2, -0.15) is 4.98 Å². The van der Waals surface area contributed by atoms with Crippen LogP contribution < -0.4 is 25.6 Å². The lowest BCUT2D eigenvalue weighted by Gasteiger charge is -2.41. The molecule has 11 heteroatoms. The standard InChI is InChI=1S/C37H46BrN6O3P/c1-6-26-21-32(34(46-3)23-33(26)44-15-13-28(14-16-44)43-17-19-47-20-18-43)41-37-39-24-30(38)36(42-37)40-31-12-11-27(22-35(31)48(4,5)45)29-10-8-7-9-25(29)2/h7-12,21-24,28H,6,13-20H2,1-5H3,(H2,39,40,41,42). The molecule has 2 fully saturated rings. The van der Waals surface area contributed by atoms with Gasteiger partial charge in [0.1, 0.15) is 18.7 Å². The summed E-state index contributed by atoms with van der Waals surface area (Å²) in [6.07, 6.45) is 4.91. The number of rotatable bonds is 10. The molecule has 0 aliphatic carbocycles. The molecule has 0 amide bonds. The zero-order chi connectivity index (χ0) is 33.8. The van der Waals surface area contributed by atoms with Crippen LogP contribution in [0.5, 0.6) is 5.75 Å². The molecule has 0 unspecified atom stereocenters. The van der Waals surface area contributed by atoms with Gasteiger partial charge < -0.3 is 29.6 Å². The largest absolute Gasteiger partial charge is 0.494 e. The van der Waals surface area contributed by atoms with E-state index in [1.54, 1.807) is 26.6 Å². The van der Waals surface area contributed by atoms with Gasteiger partial charge in [-0.1, -0.05) is 37.3 Å². The first-order valence-corrected chi connectivity index (χ1v) is 20.1. The number of ether oxygens (including phenoxy) is 2. The van der Waals surface area contributed by atoms with E-state index < -0.39 is 7.14 Å². The molecule has 2 saturated heterocycles. The summed E-state index contributed by atoms with van der Waals surface area (Å²) < 4.78 is 25.7. The third kappa shape index (κ3) is 7.73. The van der Waals surface area contributed by atoms with Crippen molar-refractivity contribution in [2.45, 2.75) is 39.2 Å². The van der Waals surface area contributed by atoms with E-state index in [-0.39, 0.29) is 0 Å². The molecule has 0 spiro atoms. The van der Waals surface area contributed by atoms with Gasteiger partial charge in [0, 0.05) is 55.5 Å². The van der Waals surface area contributed by atoms with Crippen molar-refractivity contribution in [1.29, 1.82) is 0 Å². The average Bonchev–Trinajstić information content (AvgIpc) is 3.10. The lowest BCUT2D eigenvalue weighted by atomic mass is 10.00. The zero-order valence-corrected chi connectivity index (χ0v) is 31.0. The second-order valence-electron chi connectivity index (χ2n) is 12.9. The van der Waals surface area contributed by atoms with Crippen LogP contribution in [0.4, 0.5) is 28.8 Å². The van der Waals surface area contributed by atoms with E-state index in [1.165, 1.54) is 16.8 Å². The number of aromatic nitrogens is 2. The van der Waals surface area contributed by atoms with Crippen molar-refractivity contribution in [2.24, 2.45) is 0 Å². The fourth-order valence-corrected chi connectivity index (χ4v) is 8.23. The Morgan fingerprint density at radius 2 is 1.75 bits per heavy atom. The number of halogens is 1. The highest BCUT2D eigenvalue weighted by Crippen LogP contribution is 2.41. The van der Waals surface area contributed by atoms with Crippen LogP contribution >= 0.6 is 23.1 Å². The molecular weight excluding hydrogens is 687 g/mol. The number of piperidine rings is 1. The normalized spacial score (nSPS) is 16.2. The highest BCUT2D eigenvalue weighted by molar-refractivity contribution is 9.10. The minimum absolute atomic E-state index is 0.425. The fraction of sp³-hybridized carbons (Fsp3) is 0.405. The third-order valence-corrected chi connectivity index (χ3v) is 11.5. The van der Waals surface area contributed by atoms with Crippen LogP contribution in [0.2, 0.25) is 0 Å². The molecule has 2 aliphatic rings. The Balaban J connectivity index is 1.23. The lowest BCUT2D eigenvalue weighted by Crippen LogP contribution is -2.49. The number of hydrogen-bond acceptors (Lipinski definition) is 9. The summed E-state index contributed by atoms with van der Waals surface area (Å²) in [5, 5.41) is 7.62. The molecule has 2 aliphatic heterocycles. The van der Waals surface area contributed by atoms with Gasteiger partial charge in [0.25, 0.3) is 0 Å². The number of hydrogen-bond donors (Lipinski definition) is 2. The van der Waals surface area contributed by atoms with Gasteiger partial charge >= 0.3 is 0 Å². The summed E-state index contributed by atoms with van der Waals surface area (Å²) in [7, 11) is -0.949. The smallest absolute Gasteiger partial charge is 0.229 e. The van der Waals surface area contributed by atoms with Crippen LogP contribution in [-0.4, -0.2) is 80.7 Å². The second-order valence-corrected chi connectivity index (χ2v) is 17.0. The van der Waals surface area contributed by atoms with Crippen LogP contribution in [0, 0.1) is 6.92 Å². The Bertz CT molecular complexity index is 1800. The lowest BCUT2D eigenvalue weighted by molar-refractivity contribution is 0.0115. The van der Waals surface area contributed by atoms with E-state index in [4.69, 9.17) is 14.5 Å². The summed E-state index contributed by atoms with van der Waals surface area (Å²) in [5.41, 5.74) is 7.36. The Morgan fingerprint density at radius 3 is 2.44 bits per heavy atom. The topological polar surface area (TPSA) is 91.8 Å². The summed E-state index contributed by atoms with van der Waals surface area (Å²) in [6, 6.07) is 19.2. The van der Waals surface area contributed by atoms with Crippen LogP contribution in [0.3, 0.4) is 0 Å². The molecule has 3 heterocycles. The first-order chi connectivity index (χ1) is 23.1.